The first-order valence-electron chi connectivity index (χ1n) is 12.0. The number of ether oxygens (including phenoxy) is 1. The van der Waals surface area contributed by atoms with E-state index < -0.39 is 27.5 Å². The van der Waals surface area contributed by atoms with Crippen LogP contribution in [-0.4, -0.2) is 31.9 Å². The van der Waals surface area contributed by atoms with Crippen LogP contribution in [0.25, 0.3) is 0 Å². The van der Waals surface area contributed by atoms with Gasteiger partial charge in [-0.15, -0.1) is 6.58 Å². The lowest BCUT2D eigenvalue weighted by molar-refractivity contribution is 0.133. The number of nitrogens with one attached hydrogen (secondary N) is 1. The minimum atomic E-state index is -3.94. The molecular weight excluding hydrogens is 450 g/mol. The molecule has 1 aliphatic carbocycles. The summed E-state index contributed by atoms with van der Waals surface area (Å²) in [5.41, 5.74) is 1.92. The lowest BCUT2D eigenvalue weighted by atomic mass is 9.98. The molecule has 0 unspecified atom stereocenters. The van der Waals surface area contributed by atoms with Gasteiger partial charge in [0.2, 0.25) is 0 Å². The molecule has 1 aliphatic rings. The highest BCUT2D eigenvalue weighted by molar-refractivity contribution is 7.87. The number of carbonyl (C=O) groups excluding carboxylic acids is 1. The van der Waals surface area contributed by atoms with Crippen LogP contribution in [0.2, 0.25) is 0 Å². The van der Waals surface area contributed by atoms with Crippen LogP contribution < -0.4 is 5.32 Å². The maximum absolute atomic E-state index is 13.3. The van der Waals surface area contributed by atoms with Crippen molar-refractivity contribution in [2.45, 2.75) is 75.4 Å². The van der Waals surface area contributed by atoms with Crippen LogP contribution in [0.1, 0.15) is 56.1 Å². The lowest BCUT2D eigenvalue weighted by Gasteiger charge is -2.29. The molecule has 2 atom stereocenters. The largest absolute Gasteiger partial charge is 0.445 e. The van der Waals surface area contributed by atoms with Crippen molar-refractivity contribution in [1.82, 2.24) is 5.32 Å². The molecule has 0 bridgehead atoms. The molecule has 1 N–H and O–H groups in total. The average molecular weight is 486 g/mol. The summed E-state index contributed by atoms with van der Waals surface area (Å²) in [6, 6.07) is 18.5. The van der Waals surface area contributed by atoms with E-state index in [2.05, 4.69) is 11.9 Å². The lowest BCUT2D eigenvalue weighted by Crippen LogP contribution is -2.48. The Hall–Kier alpha value is -2.64. The Balaban J connectivity index is 1.73. The van der Waals surface area contributed by atoms with E-state index in [9.17, 15) is 13.2 Å². The summed E-state index contributed by atoms with van der Waals surface area (Å²) < 4.78 is 37.7. The normalized spacial score (nSPS) is 16.4. The molecule has 0 aliphatic heterocycles. The second kappa shape index (κ2) is 13.3. The molecule has 0 spiro atoms. The summed E-state index contributed by atoms with van der Waals surface area (Å²) in [7, 11) is -3.94. The number of benzene rings is 2. The van der Waals surface area contributed by atoms with Crippen LogP contribution >= 0.6 is 0 Å². The van der Waals surface area contributed by atoms with E-state index >= 15 is 0 Å². The maximum Gasteiger partial charge on any atom is 0.407 e. The van der Waals surface area contributed by atoms with E-state index in [-0.39, 0.29) is 19.1 Å². The van der Waals surface area contributed by atoms with Gasteiger partial charge in [0.1, 0.15) is 11.9 Å². The van der Waals surface area contributed by atoms with Crippen LogP contribution in [0.4, 0.5) is 4.79 Å². The van der Waals surface area contributed by atoms with Gasteiger partial charge in [-0.2, -0.15) is 8.42 Å². The van der Waals surface area contributed by atoms with E-state index in [1.54, 1.807) is 6.08 Å². The number of carbonyl (C=O) groups is 1. The number of hydrogen-bond donors (Lipinski definition) is 1. The molecule has 0 saturated heterocycles. The highest BCUT2D eigenvalue weighted by atomic mass is 32.2. The zero-order chi connectivity index (χ0) is 24.2. The Morgan fingerprint density at radius 1 is 1.00 bits per heavy atom. The third kappa shape index (κ3) is 8.29. The number of allylic oxidation sites excluding steroid dienone is 1. The smallest absolute Gasteiger partial charge is 0.407 e. The quantitative estimate of drug-likeness (QED) is 0.315. The van der Waals surface area contributed by atoms with Gasteiger partial charge in [0, 0.05) is 0 Å². The fraction of sp³-hybridized carbons (Fsp3) is 0.444. The van der Waals surface area contributed by atoms with Gasteiger partial charge in [0.15, 0.2) is 0 Å². The van der Waals surface area contributed by atoms with Gasteiger partial charge in [-0.25, -0.2) is 4.79 Å². The SMILES string of the molecule is C=CC[C@H]([C@@H](CCc1ccccc1)NC(=O)OCc1ccccc1)S(=O)(=O)OC1CCCCC1. The van der Waals surface area contributed by atoms with Crippen LogP contribution in [0.5, 0.6) is 0 Å². The van der Waals surface area contributed by atoms with Crippen molar-refractivity contribution >= 4 is 16.2 Å². The van der Waals surface area contributed by atoms with Gasteiger partial charge in [-0.1, -0.05) is 86.0 Å². The highest BCUT2D eigenvalue weighted by Gasteiger charge is 2.36. The third-order valence-electron chi connectivity index (χ3n) is 6.14. The van der Waals surface area contributed by atoms with Gasteiger partial charge >= 0.3 is 6.09 Å². The molecule has 184 valence electrons. The molecule has 1 fully saturated rings. The first-order valence-corrected chi connectivity index (χ1v) is 13.5. The van der Waals surface area contributed by atoms with Crippen molar-refractivity contribution in [3.63, 3.8) is 0 Å². The Morgan fingerprint density at radius 3 is 2.24 bits per heavy atom. The van der Waals surface area contributed by atoms with Gasteiger partial charge in [-0.05, 0) is 43.2 Å². The van der Waals surface area contributed by atoms with E-state index in [4.69, 9.17) is 8.92 Å². The van der Waals surface area contributed by atoms with Crippen molar-refractivity contribution < 1.29 is 22.1 Å². The number of alkyl carbamates (subject to hydrolysis) is 1. The van der Waals surface area contributed by atoms with Crippen molar-refractivity contribution in [1.29, 1.82) is 0 Å². The average Bonchev–Trinajstić information content (AvgIpc) is 2.85. The van der Waals surface area contributed by atoms with Crippen LogP contribution in [0, 0.1) is 0 Å². The van der Waals surface area contributed by atoms with E-state index in [0.717, 1.165) is 43.2 Å². The fourth-order valence-electron chi connectivity index (χ4n) is 4.30. The Labute approximate surface area is 203 Å². The monoisotopic (exact) mass is 485 g/mol. The standard InChI is InChI=1S/C27H35NO5S/c1-2-12-26(34(30,31)33-24-17-10-5-11-18-24)25(20-19-22-13-6-3-7-14-22)28-27(29)32-21-23-15-8-4-9-16-23/h2-4,6-9,13-16,24-26H,1,5,10-12,17-21H2,(H,28,29)/t25-,26-/m1/s1. The number of amides is 1. The summed E-state index contributed by atoms with van der Waals surface area (Å²) >= 11 is 0. The summed E-state index contributed by atoms with van der Waals surface area (Å²) in [6.45, 7) is 3.86. The van der Waals surface area contributed by atoms with Gasteiger partial charge in [0.25, 0.3) is 10.1 Å². The summed E-state index contributed by atoms with van der Waals surface area (Å²) in [5, 5.41) is 1.87. The number of hydrogen-bond acceptors (Lipinski definition) is 5. The van der Waals surface area contributed by atoms with E-state index in [0.29, 0.717) is 12.8 Å². The van der Waals surface area contributed by atoms with Crippen LogP contribution in [-0.2, 0) is 32.1 Å². The molecule has 0 heterocycles. The predicted octanol–water partition coefficient (Wildman–Crippen LogP) is 5.54. The molecule has 34 heavy (non-hydrogen) atoms. The Bertz CT molecular complexity index is 988. The first kappa shape index (κ1) is 26.0. The minimum Gasteiger partial charge on any atom is -0.445 e. The Kier molecular flexibility index (Phi) is 10.2. The molecule has 6 nitrogen and oxygen atoms in total. The van der Waals surface area contributed by atoms with Gasteiger partial charge in [0.05, 0.1) is 12.1 Å². The molecule has 0 aromatic heterocycles. The van der Waals surface area contributed by atoms with Crippen LogP contribution in [0.3, 0.4) is 0 Å². The van der Waals surface area contributed by atoms with E-state index in [1.165, 1.54) is 0 Å². The zero-order valence-electron chi connectivity index (χ0n) is 19.6. The maximum atomic E-state index is 13.3. The molecule has 0 radical (unpaired) electrons. The topological polar surface area (TPSA) is 81.7 Å². The first-order chi connectivity index (χ1) is 16.5. The third-order valence-corrected chi connectivity index (χ3v) is 7.95. The number of rotatable bonds is 12. The van der Waals surface area contributed by atoms with E-state index in [1.807, 2.05) is 60.7 Å². The molecule has 7 heteroatoms. The molecule has 2 aromatic rings. The molecular formula is C27H35NO5S. The van der Waals surface area contributed by atoms with Crippen molar-refractivity contribution in [2.75, 3.05) is 0 Å². The number of aryl methyl sites for hydroxylation is 1. The van der Waals surface area contributed by atoms with Crippen molar-refractivity contribution in [3.05, 3.63) is 84.4 Å². The van der Waals surface area contributed by atoms with Gasteiger partial charge in [-0.3, -0.25) is 4.18 Å². The van der Waals surface area contributed by atoms with Crippen LogP contribution in [0.15, 0.2) is 73.3 Å². The second-order valence-electron chi connectivity index (χ2n) is 8.75. The molecule has 3 rings (SSSR count). The second-order valence-corrected chi connectivity index (χ2v) is 10.5. The van der Waals surface area contributed by atoms with Gasteiger partial charge < -0.3 is 10.1 Å². The molecule has 1 saturated carbocycles. The predicted molar refractivity (Wildman–Crippen MR) is 134 cm³/mol. The Morgan fingerprint density at radius 2 is 1.62 bits per heavy atom. The highest BCUT2D eigenvalue weighted by Crippen LogP contribution is 2.26. The summed E-state index contributed by atoms with van der Waals surface area (Å²) in [6.07, 6.45) is 6.34. The zero-order valence-corrected chi connectivity index (χ0v) is 20.4. The molecule has 1 amide bonds. The summed E-state index contributed by atoms with van der Waals surface area (Å²) in [5.74, 6) is 0. The molecule has 2 aromatic carbocycles. The van der Waals surface area contributed by atoms with Crippen molar-refractivity contribution in [2.24, 2.45) is 0 Å². The minimum absolute atomic E-state index is 0.107. The van der Waals surface area contributed by atoms with Crippen molar-refractivity contribution in [3.8, 4) is 0 Å². The summed E-state index contributed by atoms with van der Waals surface area (Å²) in [4.78, 5) is 12.7. The fourth-order valence-corrected chi connectivity index (χ4v) is 6.00.